The molecule has 0 radical (unpaired) electrons. The van der Waals surface area contributed by atoms with Gasteiger partial charge in [-0.3, -0.25) is 14.5 Å². The molecule has 1 aliphatic rings. The Balaban J connectivity index is 2.09. The number of hydrogen-bond acceptors (Lipinski definition) is 3. The van der Waals surface area contributed by atoms with Crippen molar-refractivity contribution in [3.05, 3.63) is 35.6 Å². The zero-order chi connectivity index (χ0) is 18.4. The van der Waals surface area contributed by atoms with Gasteiger partial charge in [0.25, 0.3) is 5.91 Å². The fourth-order valence-corrected chi connectivity index (χ4v) is 2.95. The van der Waals surface area contributed by atoms with Crippen molar-refractivity contribution in [3.63, 3.8) is 0 Å². The number of nitrogens with one attached hydrogen (secondary N) is 2. The Hall–Kier alpha value is -2.44. The van der Waals surface area contributed by atoms with Crippen molar-refractivity contribution in [1.82, 2.24) is 15.5 Å². The predicted octanol–water partition coefficient (Wildman–Crippen LogP) is 2.29. The van der Waals surface area contributed by atoms with Gasteiger partial charge in [-0.05, 0) is 30.5 Å². The standard InChI is InChI=1S/C18H24FN3O3/c1-3-5-6-11-20-15(23)12-22-16(24)18(4-2,21-17(22)25)13-7-9-14(19)10-8-13/h7-10H,3-6,11-12H2,1-2H3,(H,20,23)(H,21,25)/t18-/m1/s1. The van der Waals surface area contributed by atoms with Crippen LogP contribution in [0.4, 0.5) is 9.18 Å². The molecule has 4 amide bonds. The van der Waals surface area contributed by atoms with E-state index in [2.05, 4.69) is 17.6 Å². The molecule has 7 heteroatoms. The summed E-state index contributed by atoms with van der Waals surface area (Å²) in [5, 5.41) is 5.39. The van der Waals surface area contributed by atoms with Crippen molar-refractivity contribution < 1.29 is 18.8 Å². The topological polar surface area (TPSA) is 78.5 Å². The maximum atomic E-state index is 13.2. The first-order valence-corrected chi connectivity index (χ1v) is 8.61. The van der Waals surface area contributed by atoms with Crippen LogP contribution in [0.1, 0.15) is 45.1 Å². The molecule has 1 aromatic rings. The van der Waals surface area contributed by atoms with E-state index in [1.807, 2.05) is 0 Å². The minimum absolute atomic E-state index is 0.303. The van der Waals surface area contributed by atoms with Crippen molar-refractivity contribution >= 4 is 17.8 Å². The molecule has 1 fully saturated rings. The number of urea groups is 1. The van der Waals surface area contributed by atoms with Gasteiger partial charge >= 0.3 is 6.03 Å². The SMILES string of the molecule is CCCCCNC(=O)CN1C(=O)N[C@](CC)(c2ccc(F)cc2)C1=O. The first kappa shape index (κ1) is 18.9. The minimum atomic E-state index is -1.26. The second-order valence-corrected chi connectivity index (χ2v) is 6.14. The fraction of sp³-hybridized carbons (Fsp3) is 0.500. The van der Waals surface area contributed by atoms with Crippen LogP contribution in [0.2, 0.25) is 0 Å². The lowest BCUT2D eigenvalue weighted by atomic mass is 9.87. The van der Waals surface area contributed by atoms with Gasteiger partial charge in [0.1, 0.15) is 17.9 Å². The summed E-state index contributed by atoms with van der Waals surface area (Å²) >= 11 is 0. The van der Waals surface area contributed by atoms with Crippen LogP contribution in [-0.4, -0.2) is 35.8 Å². The lowest BCUT2D eigenvalue weighted by Crippen LogP contribution is -2.44. The van der Waals surface area contributed by atoms with Crippen LogP contribution < -0.4 is 10.6 Å². The molecule has 0 saturated carbocycles. The van der Waals surface area contributed by atoms with Gasteiger partial charge in [-0.25, -0.2) is 9.18 Å². The largest absolute Gasteiger partial charge is 0.355 e. The van der Waals surface area contributed by atoms with Crippen molar-refractivity contribution in [2.45, 2.75) is 45.1 Å². The molecular weight excluding hydrogens is 325 g/mol. The Labute approximate surface area is 146 Å². The number of halogens is 1. The molecule has 1 atom stereocenters. The molecule has 0 bridgehead atoms. The van der Waals surface area contributed by atoms with Gasteiger partial charge in [0.15, 0.2) is 0 Å². The highest BCUT2D eigenvalue weighted by Crippen LogP contribution is 2.32. The van der Waals surface area contributed by atoms with Crippen LogP contribution in [0.5, 0.6) is 0 Å². The number of benzene rings is 1. The lowest BCUT2D eigenvalue weighted by molar-refractivity contribution is -0.135. The molecule has 0 unspecified atom stereocenters. The number of carbonyl (C=O) groups is 3. The van der Waals surface area contributed by atoms with Crippen LogP contribution in [-0.2, 0) is 15.1 Å². The maximum Gasteiger partial charge on any atom is 0.325 e. The van der Waals surface area contributed by atoms with E-state index in [1.54, 1.807) is 6.92 Å². The number of imide groups is 1. The third kappa shape index (κ3) is 3.97. The van der Waals surface area contributed by atoms with Crippen LogP contribution in [0.3, 0.4) is 0 Å². The molecule has 25 heavy (non-hydrogen) atoms. The van der Waals surface area contributed by atoms with E-state index in [1.165, 1.54) is 24.3 Å². The predicted molar refractivity (Wildman–Crippen MR) is 91.1 cm³/mol. The maximum absolute atomic E-state index is 13.2. The zero-order valence-electron chi connectivity index (χ0n) is 14.6. The quantitative estimate of drug-likeness (QED) is 0.558. The van der Waals surface area contributed by atoms with Crippen molar-refractivity contribution in [3.8, 4) is 0 Å². The fourth-order valence-electron chi connectivity index (χ4n) is 2.95. The Kier molecular flexibility index (Phi) is 6.12. The lowest BCUT2D eigenvalue weighted by Gasteiger charge is -2.25. The van der Waals surface area contributed by atoms with Crippen molar-refractivity contribution in [2.75, 3.05) is 13.1 Å². The van der Waals surface area contributed by atoms with Gasteiger partial charge < -0.3 is 10.6 Å². The molecule has 1 aromatic carbocycles. The van der Waals surface area contributed by atoms with Gasteiger partial charge in [0.2, 0.25) is 5.91 Å². The summed E-state index contributed by atoms with van der Waals surface area (Å²) in [6.07, 6.45) is 3.21. The van der Waals surface area contributed by atoms with Gasteiger partial charge in [-0.1, -0.05) is 38.8 Å². The van der Waals surface area contributed by atoms with E-state index in [0.29, 0.717) is 18.5 Å². The van der Waals surface area contributed by atoms with E-state index in [4.69, 9.17) is 0 Å². The van der Waals surface area contributed by atoms with E-state index in [0.717, 1.165) is 24.2 Å². The molecular formula is C18H24FN3O3. The van der Waals surface area contributed by atoms with Crippen molar-refractivity contribution in [2.24, 2.45) is 0 Å². The third-order valence-electron chi connectivity index (χ3n) is 4.45. The molecule has 2 N–H and O–H groups in total. The van der Waals surface area contributed by atoms with E-state index in [9.17, 15) is 18.8 Å². The van der Waals surface area contributed by atoms with Gasteiger partial charge in [0.05, 0.1) is 0 Å². The molecule has 1 saturated heterocycles. The van der Waals surface area contributed by atoms with E-state index in [-0.39, 0.29) is 12.5 Å². The molecule has 0 spiro atoms. The summed E-state index contributed by atoms with van der Waals surface area (Å²) in [6.45, 7) is 4.03. The zero-order valence-corrected chi connectivity index (χ0v) is 14.6. The number of rotatable bonds is 8. The van der Waals surface area contributed by atoms with Crippen LogP contribution in [0.25, 0.3) is 0 Å². The number of amides is 4. The minimum Gasteiger partial charge on any atom is -0.355 e. The Morgan fingerprint density at radius 3 is 2.48 bits per heavy atom. The molecule has 6 nitrogen and oxygen atoms in total. The summed E-state index contributed by atoms with van der Waals surface area (Å²) in [5.74, 6) is -1.28. The highest BCUT2D eigenvalue weighted by molar-refractivity contribution is 6.09. The van der Waals surface area contributed by atoms with Crippen LogP contribution in [0.15, 0.2) is 24.3 Å². The Bertz CT molecular complexity index is 647. The van der Waals surface area contributed by atoms with Gasteiger partial charge in [-0.2, -0.15) is 0 Å². The number of unbranched alkanes of at least 4 members (excludes halogenated alkanes) is 2. The van der Waals surface area contributed by atoms with Gasteiger partial charge in [0, 0.05) is 6.54 Å². The Morgan fingerprint density at radius 2 is 1.88 bits per heavy atom. The van der Waals surface area contributed by atoms with E-state index < -0.39 is 23.3 Å². The smallest absolute Gasteiger partial charge is 0.325 e. The van der Waals surface area contributed by atoms with Crippen LogP contribution in [0, 0.1) is 5.82 Å². The monoisotopic (exact) mass is 349 g/mol. The van der Waals surface area contributed by atoms with Crippen molar-refractivity contribution in [1.29, 1.82) is 0 Å². The average Bonchev–Trinajstić information content (AvgIpc) is 2.84. The summed E-state index contributed by atoms with van der Waals surface area (Å²) in [4.78, 5) is 38.0. The summed E-state index contributed by atoms with van der Waals surface area (Å²) < 4.78 is 13.2. The summed E-state index contributed by atoms with van der Waals surface area (Å²) in [7, 11) is 0. The number of nitrogens with zero attached hydrogens (tertiary/aromatic N) is 1. The molecule has 136 valence electrons. The normalized spacial score (nSPS) is 19.9. The van der Waals surface area contributed by atoms with Gasteiger partial charge in [-0.15, -0.1) is 0 Å². The Morgan fingerprint density at radius 1 is 1.20 bits per heavy atom. The summed E-state index contributed by atoms with van der Waals surface area (Å²) in [6, 6.07) is 4.83. The summed E-state index contributed by atoms with van der Waals surface area (Å²) in [5.41, 5.74) is -0.756. The molecule has 0 aromatic heterocycles. The highest BCUT2D eigenvalue weighted by atomic mass is 19.1. The first-order valence-electron chi connectivity index (χ1n) is 8.61. The highest BCUT2D eigenvalue weighted by Gasteiger charge is 2.51. The van der Waals surface area contributed by atoms with E-state index >= 15 is 0 Å². The molecule has 2 rings (SSSR count). The number of carbonyl (C=O) groups excluding carboxylic acids is 3. The second kappa shape index (κ2) is 8.09. The first-order chi connectivity index (χ1) is 11.9. The number of hydrogen-bond donors (Lipinski definition) is 2. The molecule has 0 aliphatic carbocycles. The average molecular weight is 349 g/mol. The van der Waals surface area contributed by atoms with Crippen LogP contribution >= 0.6 is 0 Å². The molecule has 1 aliphatic heterocycles. The molecule has 1 heterocycles. The second-order valence-electron chi connectivity index (χ2n) is 6.14. The third-order valence-corrected chi connectivity index (χ3v) is 4.45.